The molecule has 1 aliphatic heterocycles. The van der Waals surface area contributed by atoms with Crippen molar-refractivity contribution in [3.8, 4) is 6.07 Å². The average molecular weight is 360 g/mol. The van der Waals surface area contributed by atoms with Crippen LogP contribution in [0.25, 0.3) is 0 Å². The number of carbonyl (C=O) groups excluding carboxylic acids is 1. The quantitative estimate of drug-likeness (QED) is 0.885. The highest BCUT2D eigenvalue weighted by atomic mass is 16.3. The molecule has 4 heteroatoms. The highest BCUT2D eigenvalue weighted by Gasteiger charge is 2.50. The molecule has 0 radical (unpaired) electrons. The number of piperidine rings is 1. The van der Waals surface area contributed by atoms with Crippen LogP contribution in [0.4, 0.5) is 0 Å². The lowest BCUT2D eigenvalue weighted by molar-refractivity contribution is -0.110. The second kappa shape index (κ2) is 7.17. The zero-order valence-corrected chi connectivity index (χ0v) is 15.3. The maximum Gasteiger partial charge on any atom is 0.254 e. The molecule has 0 unspecified atom stereocenters. The monoisotopic (exact) mass is 360 g/mol. The molecule has 1 saturated carbocycles. The summed E-state index contributed by atoms with van der Waals surface area (Å²) in [6, 6.07) is 19.0. The number of benzene rings is 2. The molecule has 3 atom stereocenters. The number of likely N-dealkylation sites (tertiary alicyclic amines) is 1. The molecule has 2 aromatic carbocycles. The van der Waals surface area contributed by atoms with Gasteiger partial charge in [-0.05, 0) is 43.0 Å². The molecule has 138 valence electrons. The maximum absolute atomic E-state index is 13.2. The Kier molecular flexibility index (Phi) is 4.72. The smallest absolute Gasteiger partial charge is 0.254 e. The van der Waals surface area contributed by atoms with Crippen LogP contribution in [0.1, 0.15) is 53.6 Å². The molecule has 0 aromatic heterocycles. The summed E-state index contributed by atoms with van der Waals surface area (Å²) in [4.78, 5) is 15.1. The summed E-state index contributed by atoms with van der Waals surface area (Å²) in [5.41, 5.74) is 1.14. The topological polar surface area (TPSA) is 64.3 Å². The lowest BCUT2D eigenvalue weighted by Crippen LogP contribution is -2.59. The second-order valence-electron chi connectivity index (χ2n) is 7.69. The minimum atomic E-state index is -0.877. The van der Waals surface area contributed by atoms with E-state index in [0.717, 1.165) is 31.2 Å². The van der Waals surface area contributed by atoms with Gasteiger partial charge in [-0.25, -0.2) is 0 Å². The fourth-order valence-electron chi connectivity index (χ4n) is 4.91. The minimum Gasteiger partial charge on any atom is -0.385 e. The van der Waals surface area contributed by atoms with Gasteiger partial charge in [0, 0.05) is 24.1 Å². The van der Waals surface area contributed by atoms with E-state index in [1.165, 1.54) is 0 Å². The van der Waals surface area contributed by atoms with Gasteiger partial charge < -0.3 is 10.0 Å². The Bertz CT molecular complexity index is 873. The summed E-state index contributed by atoms with van der Waals surface area (Å²) in [7, 11) is 0. The number of fused-ring (bicyclic) bond motifs is 1. The largest absolute Gasteiger partial charge is 0.385 e. The summed E-state index contributed by atoms with van der Waals surface area (Å²) in [6.45, 7) is 0.530. The van der Waals surface area contributed by atoms with E-state index in [1.807, 2.05) is 35.2 Å². The number of hydrogen-bond acceptors (Lipinski definition) is 3. The van der Waals surface area contributed by atoms with Crippen molar-refractivity contribution in [2.45, 2.75) is 43.7 Å². The van der Waals surface area contributed by atoms with Crippen LogP contribution in [0.5, 0.6) is 0 Å². The third kappa shape index (κ3) is 3.13. The SMILES string of the molecule is N#Cc1cccc(C(=O)N2CC[C@](O)(c3ccccc3)[C@@H]3CCCC[C@H]32)c1. The van der Waals surface area contributed by atoms with Crippen LogP contribution in [0.15, 0.2) is 54.6 Å². The van der Waals surface area contributed by atoms with Crippen molar-refractivity contribution in [2.24, 2.45) is 5.92 Å². The van der Waals surface area contributed by atoms with Gasteiger partial charge in [0.15, 0.2) is 0 Å². The van der Waals surface area contributed by atoms with Crippen LogP contribution in [0.2, 0.25) is 0 Å². The number of nitriles is 1. The summed E-state index contributed by atoms with van der Waals surface area (Å²) >= 11 is 0. The molecule has 0 bridgehead atoms. The van der Waals surface area contributed by atoms with E-state index in [-0.39, 0.29) is 17.9 Å². The number of amides is 1. The fourth-order valence-corrected chi connectivity index (χ4v) is 4.91. The molecule has 1 amide bonds. The summed E-state index contributed by atoms with van der Waals surface area (Å²) in [5, 5.41) is 20.7. The van der Waals surface area contributed by atoms with Crippen molar-refractivity contribution in [1.82, 2.24) is 4.90 Å². The van der Waals surface area contributed by atoms with Crippen LogP contribution in [0, 0.1) is 17.2 Å². The molecule has 0 spiro atoms. The maximum atomic E-state index is 13.2. The highest BCUT2D eigenvalue weighted by molar-refractivity contribution is 5.95. The predicted molar refractivity (Wildman–Crippen MR) is 103 cm³/mol. The molecule has 1 saturated heterocycles. The molecule has 1 aliphatic carbocycles. The van der Waals surface area contributed by atoms with Gasteiger partial charge in [-0.2, -0.15) is 5.26 Å². The van der Waals surface area contributed by atoms with Crippen molar-refractivity contribution in [3.05, 3.63) is 71.3 Å². The molecule has 1 heterocycles. The van der Waals surface area contributed by atoms with Gasteiger partial charge >= 0.3 is 0 Å². The number of nitrogens with zero attached hydrogens (tertiary/aromatic N) is 2. The second-order valence-corrected chi connectivity index (χ2v) is 7.69. The first kappa shape index (κ1) is 17.8. The summed E-state index contributed by atoms with van der Waals surface area (Å²) in [5.74, 6) is 0.0182. The van der Waals surface area contributed by atoms with Crippen LogP contribution < -0.4 is 0 Å². The molecular weight excluding hydrogens is 336 g/mol. The average Bonchev–Trinajstić information content (AvgIpc) is 2.74. The molecule has 2 fully saturated rings. The van der Waals surface area contributed by atoms with E-state index < -0.39 is 5.60 Å². The van der Waals surface area contributed by atoms with Crippen molar-refractivity contribution in [3.63, 3.8) is 0 Å². The Morgan fingerprint density at radius 3 is 2.67 bits per heavy atom. The Morgan fingerprint density at radius 1 is 1.11 bits per heavy atom. The van der Waals surface area contributed by atoms with Crippen molar-refractivity contribution in [1.29, 1.82) is 5.26 Å². The van der Waals surface area contributed by atoms with E-state index >= 15 is 0 Å². The van der Waals surface area contributed by atoms with Crippen molar-refractivity contribution >= 4 is 5.91 Å². The lowest BCUT2D eigenvalue weighted by atomic mass is 9.66. The third-order valence-electron chi connectivity index (χ3n) is 6.25. The minimum absolute atomic E-state index is 0.0286. The standard InChI is InChI=1S/C23H24N2O2/c24-16-17-7-6-8-18(15-17)22(26)25-14-13-23(27,19-9-2-1-3-10-19)20-11-4-5-12-21(20)25/h1-3,6-10,15,20-21,27H,4-5,11-14H2/t20-,21-,23+/m1/s1. The first-order valence-electron chi connectivity index (χ1n) is 9.72. The first-order chi connectivity index (χ1) is 13.1. The molecule has 4 rings (SSSR count). The van der Waals surface area contributed by atoms with Gasteiger partial charge in [-0.15, -0.1) is 0 Å². The third-order valence-corrected chi connectivity index (χ3v) is 6.25. The van der Waals surface area contributed by atoms with Crippen LogP contribution in [-0.4, -0.2) is 28.5 Å². The summed E-state index contributed by atoms with van der Waals surface area (Å²) in [6.07, 6.45) is 4.56. The van der Waals surface area contributed by atoms with Crippen LogP contribution in [-0.2, 0) is 5.60 Å². The van der Waals surface area contributed by atoms with Gasteiger partial charge in [0.1, 0.15) is 0 Å². The Labute approximate surface area is 160 Å². The van der Waals surface area contributed by atoms with Gasteiger partial charge in [-0.3, -0.25) is 4.79 Å². The molecule has 4 nitrogen and oxygen atoms in total. The van der Waals surface area contributed by atoms with E-state index in [4.69, 9.17) is 5.26 Å². The Hall–Kier alpha value is -2.64. The normalized spacial score (nSPS) is 27.5. The van der Waals surface area contributed by atoms with Gasteiger partial charge in [0.25, 0.3) is 5.91 Å². The molecule has 1 N–H and O–H groups in total. The number of hydrogen-bond donors (Lipinski definition) is 1. The fraction of sp³-hybridized carbons (Fsp3) is 0.391. The van der Waals surface area contributed by atoms with Crippen molar-refractivity contribution in [2.75, 3.05) is 6.54 Å². The van der Waals surface area contributed by atoms with Gasteiger partial charge in [0.2, 0.25) is 0 Å². The molecule has 2 aromatic rings. The van der Waals surface area contributed by atoms with Crippen LogP contribution in [0.3, 0.4) is 0 Å². The zero-order chi connectivity index (χ0) is 18.9. The number of rotatable bonds is 2. The zero-order valence-electron chi connectivity index (χ0n) is 15.3. The lowest BCUT2D eigenvalue weighted by Gasteiger charge is -2.52. The summed E-state index contributed by atoms with van der Waals surface area (Å²) < 4.78 is 0. The first-order valence-corrected chi connectivity index (χ1v) is 9.72. The van der Waals surface area contributed by atoms with Crippen LogP contribution >= 0.6 is 0 Å². The Balaban J connectivity index is 1.66. The number of aliphatic hydroxyl groups is 1. The van der Waals surface area contributed by atoms with Gasteiger partial charge in [-0.1, -0.05) is 49.2 Å². The van der Waals surface area contributed by atoms with Gasteiger partial charge in [0.05, 0.1) is 17.2 Å². The molecule has 2 aliphatic rings. The van der Waals surface area contributed by atoms with E-state index in [2.05, 4.69) is 6.07 Å². The van der Waals surface area contributed by atoms with E-state index in [1.54, 1.807) is 24.3 Å². The number of carbonyl (C=O) groups is 1. The van der Waals surface area contributed by atoms with E-state index in [9.17, 15) is 9.90 Å². The molecular formula is C23H24N2O2. The Morgan fingerprint density at radius 2 is 1.89 bits per heavy atom. The van der Waals surface area contributed by atoms with E-state index in [0.29, 0.717) is 24.1 Å². The van der Waals surface area contributed by atoms with Crippen molar-refractivity contribution < 1.29 is 9.90 Å². The predicted octanol–water partition coefficient (Wildman–Crippen LogP) is 3.85. The highest BCUT2D eigenvalue weighted by Crippen LogP contribution is 2.47. The molecule has 27 heavy (non-hydrogen) atoms.